The van der Waals surface area contributed by atoms with Crippen LogP contribution in [0.1, 0.15) is 5.56 Å². The lowest BCUT2D eigenvalue weighted by molar-refractivity contribution is -0.137. The van der Waals surface area contributed by atoms with Crippen molar-refractivity contribution in [1.82, 2.24) is 14.5 Å². The number of rotatable bonds is 4. The Kier molecular flexibility index (Phi) is 5.50. The quantitative estimate of drug-likeness (QED) is 0.578. The van der Waals surface area contributed by atoms with Crippen LogP contribution in [0.2, 0.25) is 15.1 Å². The Morgan fingerprint density at radius 3 is 2.21 bits per heavy atom. The summed E-state index contributed by atoms with van der Waals surface area (Å²) < 4.78 is 66.9. The van der Waals surface area contributed by atoms with Crippen molar-refractivity contribution < 1.29 is 21.6 Å². The van der Waals surface area contributed by atoms with Crippen LogP contribution in [0, 0.1) is 0 Å². The molecule has 2 heterocycles. The lowest BCUT2D eigenvalue weighted by Gasteiger charge is -2.13. The summed E-state index contributed by atoms with van der Waals surface area (Å²) in [5, 5.41) is -0.412. The monoisotopic (exact) mass is 470 g/mol. The molecule has 0 amide bonds. The van der Waals surface area contributed by atoms with Gasteiger partial charge < -0.3 is 0 Å². The van der Waals surface area contributed by atoms with Crippen molar-refractivity contribution in [3.8, 4) is 5.82 Å². The van der Waals surface area contributed by atoms with Crippen molar-refractivity contribution in [1.29, 1.82) is 0 Å². The zero-order valence-electron chi connectivity index (χ0n) is 13.4. The van der Waals surface area contributed by atoms with Gasteiger partial charge in [-0.3, -0.25) is 9.29 Å². The Labute approximate surface area is 171 Å². The molecule has 3 rings (SSSR count). The molecule has 0 saturated carbocycles. The number of alkyl halides is 3. The van der Waals surface area contributed by atoms with Gasteiger partial charge in [-0.2, -0.15) is 21.6 Å². The third-order valence-electron chi connectivity index (χ3n) is 3.37. The summed E-state index contributed by atoms with van der Waals surface area (Å²) in [7, 11) is -4.23. The van der Waals surface area contributed by atoms with E-state index in [1.807, 2.05) is 0 Å². The topological polar surface area (TPSA) is 76.9 Å². The van der Waals surface area contributed by atoms with E-state index in [1.54, 1.807) is 0 Å². The average molecular weight is 472 g/mol. The van der Waals surface area contributed by atoms with Gasteiger partial charge in [-0.15, -0.1) is 0 Å². The molecule has 13 heteroatoms. The first-order chi connectivity index (χ1) is 13.0. The summed E-state index contributed by atoms with van der Waals surface area (Å²) in [6.45, 7) is 0. The second kappa shape index (κ2) is 7.43. The van der Waals surface area contributed by atoms with Crippen LogP contribution in [0.25, 0.3) is 5.82 Å². The standard InChI is InChI=1S/C15H8Cl3F3N4O2S/c16-9-2-10(17)4-11(3-9)24-28(26,27)13-6-22-7-25(13)14-12(18)1-8(5-23-14)15(19,20)21/h1-7,24H. The van der Waals surface area contributed by atoms with Gasteiger partial charge in [0, 0.05) is 16.2 Å². The zero-order valence-corrected chi connectivity index (χ0v) is 16.5. The van der Waals surface area contributed by atoms with Crippen molar-refractivity contribution in [2.45, 2.75) is 11.2 Å². The maximum Gasteiger partial charge on any atom is 0.417 e. The number of hydrogen-bond acceptors (Lipinski definition) is 4. The largest absolute Gasteiger partial charge is 0.417 e. The van der Waals surface area contributed by atoms with Gasteiger partial charge in [0.25, 0.3) is 10.0 Å². The number of halogens is 6. The molecule has 2 aromatic heterocycles. The van der Waals surface area contributed by atoms with Gasteiger partial charge in [0.1, 0.15) is 6.33 Å². The number of nitrogens with one attached hydrogen (secondary N) is 1. The lowest BCUT2D eigenvalue weighted by atomic mass is 10.3. The van der Waals surface area contributed by atoms with E-state index < -0.39 is 31.8 Å². The van der Waals surface area contributed by atoms with Crippen molar-refractivity contribution >= 4 is 50.5 Å². The summed E-state index contributed by atoms with van der Waals surface area (Å²) in [6, 6.07) is 4.71. The van der Waals surface area contributed by atoms with E-state index in [2.05, 4.69) is 14.7 Å². The average Bonchev–Trinajstić information content (AvgIpc) is 3.02. The summed E-state index contributed by atoms with van der Waals surface area (Å²) in [4.78, 5) is 7.36. The molecule has 0 saturated heterocycles. The molecule has 0 atom stereocenters. The first kappa shape index (κ1) is 20.7. The van der Waals surface area contributed by atoms with E-state index in [4.69, 9.17) is 34.8 Å². The van der Waals surface area contributed by atoms with Crippen molar-refractivity contribution in [3.63, 3.8) is 0 Å². The molecule has 0 unspecified atom stereocenters. The minimum absolute atomic E-state index is 0.0803. The molecule has 3 aromatic rings. The Hall–Kier alpha value is -2.01. The van der Waals surface area contributed by atoms with E-state index >= 15 is 0 Å². The van der Waals surface area contributed by atoms with Gasteiger partial charge in [-0.05, 0) is 24.3 Å². The van der Waals surface area contributed by atoms with Crippen LogP contribution >= 0.6 is 34.8 Å². The number of hydrogen-bond donors (Lipinski definition) is 1. The Balaban J connectivity index is 2.02. The molecular formula is C15H8Cl3F3N4O2S. The number of nitrogens with zero attached hydrogens (tertiary/aromatic N) is 3. The van der Waals surface area contributed by atoms with Crippen LogP contribution in [0.4, 0.5) is 18.9 Å². The highest BCUT2D eigenvalue weighted by Gasteiger charge is 2.32. The second-order valence-corrected chi connectivity index (χ2v) is 8.30. The van der Waals surface area contributed by atoms with E-state index in [0.29, 0.717) is 12.3 Å². The molecular weight excluding hydrogens is 464 g/mol. The molecule has 0 aliphatic carbocycles. The summed E-state index contributed by atoms with van der Waals surface area (Å²) in [5.74, 6) is -0.239. The van der Waals surface area contributed by atoms with Crippen LogP contribution in [-0.2, 0) is 16.2 Å². The summed E-state index contributed by atoms with van der Waals surface area (Å²) >= 11 is 17.6. The third-order valence-corrected chi connectivity index (χ3v) is 5.44. The number of anilines is 1. The van der Waals surface area contributed by atoms with Crippen LogP contribution in [0.15, 0.2) is 48.0 Å². The molecule has 0 aliphatic heterocycles. The van der Waals surface area contributed by atoms with Gasteiger partial charge in [0.2, 0.25) is 0 Å². The molecule has 28 heavy (non-hydrogen) atoms. The SMILES string of the molecule is O=S(=O)(Nc1cc(Cl)cc(Cl)c1)c1cncn1-c1ncc(C(F)(F)F)cc1Cl. The Bertz CT molecular complexity index is 1130. The van der Waals surface area contributed by atoms with Gasteiger partial charge in [0.05, 0.1) is 22.5 Å². The molecule has 148 valence electrons. The van der Waals surface area contributed by atoms with Crippen LogP contribution in [0.5, 0.6) is 0 Å². The van der Waals surface area contributed by atoms with Crippen molar-refractivity contribution in [3.05, 3.63) is 63.6 Å². The van der Waals surface area contributed by atoms with Crippen LogP contribution in [-0.4, -0.2) is 23.0 Å². The molecule has 6 nitrogen and oxygen atoms in total. The van der Waals surface area contributed by atoms with Gasteiger partial charge >= 0.3 is 6.18 Å². The molecule has 1 aromatic carbocycles. The predicted octanol–water partition coefficient (Wildman–Crippen LogP) is 5.05. The van der Waals surface area contributed by atoms with E-state index in [9.17, 15) is 21.6 Å². The smallest absolute Gasteiger partial charge is 0.278 e. The fourth-order valence-corrected chi connectivity index (χ4v) is 4.13. The number of aromatic nitrogens is 3. The fourth-order valence-electron chi connectivity index (χ4n) is 2.22. The van der Waals surface area contributed by atoms with Crippen LogP contribution < -0.4 is 4.72 Å². The molecule has 0 aliphatic rings. The highest BCUT2D eigenvalue weighted by Crippen LogP contribution is 2.33. The zero-order chi connectivity index (χ0) is 20.7. The number of sulfonamides is 1. The fraction of sp³-hybridized carbons (Fsp3) is 0.0667. The lowest BCUT2D eigenvalue weighted by Crippen LogP contribution is -2.17. The normalized spacial score (nSPS) is 12.2. The molecule has 0 fully saturated rings. The molecule has 0 bridgehead atoms. The Morgan fingerprint density at radius 2 is 1.64 bits per heavy atom. The first-order valence-electron chi connectivity index (χ1n) is 7.22. The first-order valence-corrected chi connectivity index (χ1v) is 9.83. The minimum Gasteiger partial charge on any atom is -0.278 e. The maximum absolute atomic E-state index is 12.8. The second-order valence-electron chi connectivity index (χ2n) is 5.39. The van der Waals surface area contributed by atoms with Crippen molar-refractivity contribution in [2.24, 2.45) is 0 Å². The number of pyridine rings is 1. The molecule has 1 N–H and O–H groups in total. The minimum atomic E-state index is -4.65. The maximum atomic E-state index is 12.8. The van der Waals surface area contributed by atoms with Gasteiger partial charge in [-0.25, -0.2) is 9.97 Å². The molecule has 0 radical (unpaired) electrons. The number of benzene rings is 1. The highest BCUT2D eigenvalue weighted by molar-refractivity contribution is 7.92. The molecule has 0 spiro atoms. The number of imidazole rings is 1. The van der Waals surface area contributed by atoms with E-state index in [0.717, 1.165) is 17.1 Å². The highest BCUT2D eigenvalue weighted by atomic mass is 35.5. The Morgan fingerprint density at radius 1 is 1.00 bits per heavy atom. The van der Waals surface area contributed by atoms with E-state index in [-0.39, 0.29) is 21.6 Å². The summed E-state index contributed by atoms with van der Waals surface area (Å²) in [6.07, 6.45) is -2.06. The van der Waals surface area contributed by atoms with Gasteiger partial charge in [0.15, 0.2) is 10.8 Å². The van der Waals surface area contributed by atoms with Crippen molar-refractivity contribution in [2.75, 3.05) is 4.72 Å². The third kappa shape index (κ3) is 4.35. The summed E-state index contributed by atoms with van der Waals surface area (Å²) in [5.41, 5.74) is -0.991. The predicted molar refractivity (Wildman–Crippen MR) is 98.6 cm³/mol. The van der Waals surface area contributed by atoms with Crippen LogP contribution in [0.3, 0.4) is 0 Å². The van der Waals surface area contributed by atoms with Gasteiger partial charge in [-0.1, -0.05) is 34.8 Å². The van der Waals surface area contributed by atoms with E-state index in [1.165, 1.54) is 18.2 Å².